The average molecular weight is 274 g/mol. The first-order valence-electron chi connectivity index (χ1n) is 7.71. The monoisotopic (exact) mass is 274 g/mol. The van der Waals surface area contributed by atoms with Gasteiger partial charge in [0.1, 0.15) is 0 Å². The Morgan fingerprint density at radius 3 is 2.50 bits per heavy atom. The molecule has 0 radical (unpaired) electrons. The molecular weight excluding hydrogens is 248 g/mol. The Kier molecular flexibility index (Phi) is 3.74. The first-order valence-corrected chi connectivity index (χ1v) is 7.71. The van der Waals surface area contributed by atoms with Gasteiger partial charge in [-0.2, -0.15) is 0 Å². The lowest BCUT2D eigenvalue weighted by atomic mass is 9.87. The van der Waals surface area contributed by atoms with Crippen molar-refractivity contribution in [3.05, 3.63) is 29.8 Å². The maximum atomic E-state index is 5.62. The van der Waals surface area contributed by atoms with E-state index in [1.807, 2.05) is 0 Å². The SMILES string of the molecule is CC(C)(C)c1ccc(N2CCN3CCOCC3C2)cc1. The first kappa shape index (κ1) is 13.9. The highest BCUT2D eigenvalue weighted by molar-refractivity contribution is 5.49. The summed E-state index contributed by atoms with van der Waals surface area (Å²) in [6.45, 7) is 13.1. The molecule has 0 spiro atoms. The highest BCUT2D eigenvalue weighted by Gasteiger charge is 2.29. The van der Waals surface area contributed by atoms with Gasteiger partial charge >= 0.3 is 0 Å². The van der Waals surface area contributed by atoms with Crippen molar-refractivity contribution in [2.75, 3.05) is 44.3 Å². The predicted molar refractivity (Wildman–Crippen MR) is 83.5 cm³/mol. The lowest BCUT2D eigenvalue weighted by molar-refractivity contribution is -0.0116. The third-order valence-corrected chi connectivity index (χ3v) is 4.54. The molecule has 2 saturated heterocycles. The summed E-state index contributed by atoms with van der Waals surface area (Å²) in [5, 5.41) is 0. The van der Waals surface area contributed by atoms with E-state index < -0.39 is 0 Å². The number of morpholine rings is 1. The molecule has 1 aromatic rings. The fourth-order valence-electron chi connectivity index (χ4n) is 3.15. The molecule has 0 aromatic heterocycles. The van der Waals surface area contributed by atoms with Crippen LogP contribution in [0.2, 0.25) is 0 Å². The van der Waals surface area contributed by atoms with Crippen LogP contribution < -0.4 is 4.90 Å². The van der Waals surface area contributed by atoms with Gasteiger partial charge in [0.15, 0.2) is 0 Å². The summed E-state index contributed by atoms with van der Waals surface area (Å²) in [6, 6.07) is 9.68. The molecule has 0 amide bonds. The van der Waals surface area contributed by atoms with Crippen molar-refractivity contribution in [2.24, 2.45) is 0 Å². The van der Waals surface area contributed by atoms with Crippen molar-refractivity contribution in [2.45, 2.75) is 32.2 Å². The molecule has 2 heterocycles. The van der Waals surface area contributed by atoms with Crippen LogP contribution in [0.4, 0.5) is 5.69 Å². The number of hydrogen-bond acceptors (Lipinski definition) is 3. The zero-order valence-corrected chi connectivity index (χ0v) is 12.9. The van der Waals surface area contributed by atoms with Crippen molar-refractivity contribution < 1.29 is 4.74 Å². The van der Waals surface area contributed by atoms with Crippen LogP contribution >= 0.6 is 0 Å². The predicted octanol–water partition coefficient (Wildman–Crippen LogP) is 2.50. The molecule has 3 heteroatoms. The van der Waals surface area contributed by atoms with Crippen molar-refractivity contribution in [1.29, 1.82) is 0 Å². The number of rotatable bonds is 1. The normalized spacial score (nSPS) is 24.6. The maximum absolute atomic E-state index is 5.62. The van der Waals surface area contributed by atoms with E-state index in [1.165, 1.54) is 11.3 Å². The highest BCUT2D eigenvalue weighted by Crippen LogP contribution is 2.26. The summed E-state index contributed by atoms with van der Waals surface area (Å²) in [6.07, 6.45) is 0. The van der Waals surface area contributed by atoms with Gasteiger partial charge in [-0.15, -0.1) is 0 Å². The van der Waals surface area contributed by atoms with Gasteiger partial charge in [-0.1, -0.05) is 32.9 Å². The van der Waals surface area contributed by atoms with E-state index in [0.29, 0.717) is 6.04 Å². The fraction of sp³-hybridized carbons (Fsp3) is 0.647. The Labute approximate surface area is 122 Å². The molecule has 2 aliphatic rings. The molecule has 0 saturated carbocycles. The minimum absolute atomic E-state index is 0.231. The Bertz CT molecular complexity index is 449. The molecule has 0 bridgehead atoms. The summed E-state index contributed by atoms with van der Waals surface area (Å²) in [5.74, 6) is 0. The third kappa shape index (κ3) is 2.84. The minimum atomic E-state index is 0.231. The fourth-order valence-corrected chi connectivity index (χ4v) is 3.15. The van der Waals surface area contributed by atoms with Gasteiger partial charge in [0.25, 0.3) is 0 Å². The van der Waals surface area contributed by atoms with Crippen LogP contribution in [0.3, 0.4) is 0 Å². The molecule has 0 aliphatic carbocycles. The molecule has 2 fully saturated rings. The van der Waals surface area contributed by atoms with E-state index in [9.17, 15) is 0 Å². The van der Waals surface area contributed by atoms with E-state index in [0.717, 1.165) is 39.4 Å². The van der Waals surface area contributed by atoms with Crippen molar-refractivity contribution in [3.63, 3.8) is 0 Å². The minimum Gasteiger partial charge on any atom is -0.378 e. The van der Waals surface area contributed by atoms with E-state index in [1.54, 1.807) is 0 Å². The second-order valence-corrected chi connectivity index (χ2v) is 7.01. The van der Waals surface area contributed by atoms with Crippen LogP contribution in [0.1, 0.15) is 26.3 Å². The molecule has 1 aromatic carbocycles. The zero-order chi connectivity index (χ0) is 14.2. The average Bonchev–Trinajstić information content (AvgIpc) is 2.46. The van der Waals surface area contributed by atoms with Crippen LogP contribution in [0.15, 0.2) is 24.3 Å². The first-order chi connectivity index (χ1) is 9.54. The largest absolute Gasteiger partial charge is 0.378 e. The van der Waals surface area contributed by atoms with Crippen LogP contribution in [0, 0.1) is 0 Å². The van der Waals surface area contributed by atoms with Crippen LogP contribution in [-0.2, 0) is 10.2 Å². The van der Waals surface area contributed by atoms with Crippen LogP contribution in [-0.4, -0.2) is 50.3 Å². The molecule has 20 heavy (non-hydrogen) atoms. The molecule has 3 nitrogen and oxygen atoms in total. The second-order valence-electron chi connectivity index (χ2n) is 7.01. The van der Waals surface area contributed by atoms with Crippen molar-refractivity contribution in [1.82, 2.24) is 4.90 Å². The maximum Gasteiger partial charge on any atom is 0.0639 e. The van der Waals surface area contributed by atoms with Gasteiger partial charge in [-0.3, -0.25) is 4.90 Å². The molecule has 2 aliphatic heterocycles. The van der Waals surface area contributed by atoms with E-state index in [2.05, 4.69) is 54.8 Å². The highest BCUT2D eigenvalue weighted by atomic mass is 16.5. The lowest BCUT2D eigenvalue weighted by Crippen LogP contribution is -2.58. The van der Waals surface area contributed by atoms with E-state index in [4.69, 9.17) is 4.74 Å². The number of fused-ring (bicyclic) bond motifs is 1. The van der Waals surface area contributed by atoms with E-state index >= 15 is 0 Å². The molecule has 3 rings (SSSR count). The standard InChI is InChI=1S/C17H26N2O/c1-17(2,3)14-4-6-15(7-5-14)19-9-8-18-10-11-20-13-16(18)12-19/h4-7,16H,8-13H2,1-3H3. The Balaban J connectivity index is 1.70. The smallest absolute Gasteiger partial charge is 0.0639 e. The summed E-state index contributed by atoms with van der Waals surface area (Å²) >= 11 is 0. The number of benzene rings is 1. The summed E-state index contributed by atoms with van der Waals surface area (Å²) in [4.78, 5) is 5.08. The van der Waals surface area contributed by atoms with Gasteiger partial charge in [0.2, 0.25) is 0 Å². The van der Waals surface area contributed by atoms with Gasteiger partial charge in [0, 0.05) is 31.9 Å². The summed E-state index contributed by atoms with van der Waals surface area (Å²) in [7, 11) is 0. The Morgan fingerprint density at radius 1 is 1.05 bits per heavy atom. The molecule has 1 unspecified atom stereocenters. The third-order valence-electron chi connectivity index (χ3n) is 4.54. The zero-order valence-electron chi connectivity index (χ0n) is 12.9. The summed E-state index contributed by atoms with van der Waals surface area (Å²) in [5.41, 5.74) is 2.98. The summed E-state index contributed by atoms with van der Waals surface area (Å²) < 4.78 is 5.62. The van der Waals surface area contributed by atoms with Gasteiger partial charge < -0.3 is 9.64 Å². The second kappa shape index (κ2) is 5.38. The Morgan fingerprint density at radius 2 is 1.80 bits per heavy atom. The van der Waals surface area contributed by atoms with Crippen LogP contribution in [0.5, 0.6) is 0 Å². The number of piperazine rings is 1. The van der Waals surface area contributed by atoms with Gasteiger partial charge in [-0.05, 0) is 23.1 Å². The Hall–Kier alpha value is -1.06. The molecular formula is C17H26N2O. The molecule has 1 atom stereocenters. The van der Waals surface area contributed by atoms with Gasteiger partial charge in [-0.25, -0.2) is 0 Å². The number of hydrogen-bond donors (Lipinski definition) is 0. The topological polar surface area (TPSA) is 15.7 Å². The molecule has 0 N–H and O–H groups in total. The number of anilines is 1. The van der Waals surface area contributed by atoms with Crippen molar-refractivity contribution >= 4 is 5.69 Å². The lowest BCUT2D eigenvalue weighted by Gasteiger charge is -2.44. The number of ether oxygens (including phenoxy) is 1. The number of nitrogens with zero attached hydrogens (tertiary/aromatic N) is 2. The molecule has 110 valence electrons. The van der Waals surface area contributed by atoms with Crippen molar-refractivity contribution in [3.8, 4) is 0 Å². The van der Waals surface area contributed by atoms with Gasteiger partial charge in [0.05, 0.1) is 19.3 Å². The quantitative estimate of drug-likeness (QED) is 0.782. The van der Waals surface area contributed by atoms with Crippen LogP contribution in [0.25, 0.3) is 0 Å². The van der Waals surface area contributed by atoms with E-state index in [-0.39, 0.29) is 5.41 Å².